The number of amides is 1. The molecule has 0 spiro atoms. The third-order valence-corrected chi connectivity index (χ3v) is 3.46. The molecular weight excluding hydrogens is 271 g/mol. The Labute approximate surface area is 121 Å². The molecule has 2 aromatic rings. The van der Waals surface area contributed by atoms with Crippen molar-refractivity contribution in [2.24, 2.45) is 5.73 Å². The first kappa shape index (κ1) is 13.6. The van der Waals surface area contributed by atoms with Gasteiger partial charge in [-0.2, -0.15) is 0 Å². The van der Waals surface area contributed by atoms with Crippen LogP contribution in [0.2, 0.25) is 0 Å². The van der Waals surface area contributed by atoms with Crippen molar-refractivity contribution in [1.82, 2.24) is 0 Å². The van der Waals surface area contributed by atoms with Crippen molar-refractivity contribution in [3.8, 4) is 5.75 Å². The largest absolute Gasteiger partial charge is 0.482 e. The molecule has 4 nitrogen and oxygen atoms in total. The number of nitrogens with two attached hydrogens (primary N) is 1. The summed E-state index contributed by atoms with van der Waals surface area (Å²) in [6, 6.07) is 11.7. The van der Waals surface area contributed by atoms with Crippen molar-refractivity contribution in [2.45, 2.75) is 13.1 Å². The van der Waals surface area contributed by atoms with Crippen LogP contribution in [-0.2, 0) is 17.9 Å². The molecule has 0 unspecified atom stereocenters. The maximum absolute atomic E-state index is 13.0. The number of rotatable bonds is 3. The topological polar surface area (TPSA) is 55.6 Å². The Morgan fingerprint density at radius 2 is 1.86 bits per heavy atom. The van der Waals surface area contributed by atoms with Crippen LogP contribution in [-0.4, -0.2) is 12.5 Å². The van der Waals surface area contributed by atoms with E-state index in [2.05, 4.69) is 0 Å². The summed E-state index contributed by atoms with van der Waals surface area (Å²) in [5.74, 6) is 0.243. The molecular formula is C16H15FN2O2. The minimum Gasteiger partial charge on any atom is -0.482 e. The molecule has 0 aliphatic carbocycles. The zero-order valence-corrected chi connectivity index (χ0v) is 11.4. The van der Waals surface area contributed by atoms with E-state index in [1.54, 1.807) is 17.0 Å². The van der Waals surface area contributed by atoms with E-state index in [-0.39, 0.29) is 18.3 Å². The number of anilines is 1. The lowest BCUT2D eigenvalue weighted by Crippen LogP contribution is -2.38. The molecule has 0 bridgehead atoms. The molecule has 2 N–H and O–H groups in total. The molecule has 0 fully saturated rings. The summed E-state index contributed by atoms with van der Waals surface area (Å²) in [7, 11) is 0. The fourth-order valence-electron chi connectivity index (χ4n) is 2.32. The van der Waals surface area contributed by atoms with Crippen molar-refractivity contribution >= 4 is 11.6 Å². The average Bonchev–Trinajstić information content (AvgIpc) is 2.51. The minimum atomic E-state index is -0.292. The Kier molecular flexibility index (Phi) is 3.58. The molecule has 1 amide bonds. The number of carbonyl (C=O) groups is 1. The second-order valence-electron chi connectivity index (χ2n) is 4.90. The Morgan fingerprint density at radius 3 is 2.57 bits per heavy atom. The van der Waals surface area contributed by atoms with Crippen molar-refractivity contribution in [3.63, 3.8) is 0 Å². The molecule has 0 radical (unpaired) electrons. The van der Waals surface area contributed by atoms with E-state index in [0.29, 0.717) is 24.5 Å². The van der Waals surface area contributed by atoms with Gasteiger partial charge in [0.15, 0.2) is 6.61 Å². The van der Waals surface area contributed by atoms with Gasteiger partial charge in [-0.25, -0.2) is 4.39 Å². The summed E-state index contributed by atoms with van der Waals surface area (Å²) in [6.45, 7) is 0.808. The Hall–Kier alpha value is -2.40. The van der Waals surface area contributed by atoms with E-state index in [1.165, 1.54) is 12.1 Å². The Morgan fingerprint density at radius 1 is 1.14 bits per heavy atom. The van der Waals surface area contributed by atoms with Gasteiger partial charge >= 0.3 is 0 Å². The predicted octanol–water partition coefficient (Wildman–Crippen LogP) is 2.21. The van der Waals surface area contributed by atoms with E-state index in [4.69, 9.17) is 10.5 Å². The molecule has 0 saturated heterocycles. The SMILES string of the molecule is NCc1ccc2c(c1)OCC(=O)N2Cc1ccc(F)cc1. The van der Waals surface area contributed by atoms with Crippen LogP contribution in [0.3, 0.4) is 0 Å². The van der Waals surface area contributed by atoms with E-state index in [0.717, 1.165) is 11.1 Å². The Bertz CT molecular complexity index is 670. The summed E-state index contributed by atoms with van der Waals surface area (Å²) < 4.78 is 18.4. The standard InChI is InChI=1S/C16H15FN2O2/c17-13-4-1-11(2-5-13)9-19-14-6-3-12(8-18)7-15(14)21-10-16(19)20/h1-7H,8-10,18H2. The molecule has 1 heterocycles. The van der Waals surface area contributed by atoms with Gasteiger partial charge in [-0.15, -0.1) is 0 Å². The molecule has 1 aliphatic rings. The highest BCUT2D eigenvalue weighted by molar-refractivity contribution is 5.97. The molecule has 1 aliphatic heterocycles. The minimum absolute atomic E-state index is 0.00220. The summed E-state index contributed by atoms with van der Waals surface area (Å²) in [5.41, 5.74) is 8.14. The molecule has 2 aromatic carbocycles. The first-order chi connectivity index (χ1) is 10.2. The molecule has 0 atom stereocenters. The zero-order valence-electron chi connectivity index (χ0n) is 11.4. The molecule has 0 aromatic heterocycles. The zero-order chi connectivity index (χ0) is 14.8. The average molecular weight is 286 g/mol. The smallest absolute Gasteiger partial charge is 0.265 e. The van der Waals surface area contributed by atoms with Crippen molar-refractivity contribution < 1.29 is 13.9 Å². The first-order valence-electron chi connectivity index (χ1n) is 6.68. The van der Waals surface area contributed by atoms with Crippen LogP contribution in [0.15, 0.2) is 42.5 Å². The molecule has 0 saturated carbocycles. The molecule has 3 rings (SSSR count). The van der Waals surface area contributed by atoms with Gasteiger partial charge in [0.05, 0.1) is 12.2 Å². The lowest BCUT2D eigenvalue weighted by atomic mass is 10.1. The van der Waals surface area contributed by atoms with Crippen LogP contribution in [0.5, 0.6) is 5.75 Å². The summed E-state index contributed by atoms with van der Waals surface area (Å²) in [5, 5.41) is 0. The summed E-state index contributed by atoms with van der Waals surface area (Å²) >= 11 is 0. The third kappa shape index (κ3) is 2.73. The van der Waals surface area contributed by atoms with Crippen LogP contribution in [0.25, 0.3) is 0 Å². The van der Waals surface area contributed by atoms with Gasteiger partial charge in [-0.1, -0.05) is 18.2 Å². The van der Waals surface area contributed by atoms with Crippen LogP contribution < -0.4 is 15.4 Å². The maximum atomic E-state index is 13.0. The monoisotopic (exact) mass is 286 g/mol. The third-order valence-electron chi connectivity index (χ3n) is 3.46. The molecule has 5 heteroatoms. The van der Waals surface area contributed by atoms with Crippen molar-refractivity contribution in [3.05, 3.63) is 59.4 Å². The summed E-state index contributed by atoms with van der Waals surface area (Å²) in [4.78, 5) is 13.7. The number of fused-ring (bicyclic) bond motifs is 1. The quantitative estimate of drug-likeness (QED) is 0.941. The normalized spacial score (nSPS) is 13.8. The van der Waals surface area contributed by atoms with Gasteiger partial charge in [0, 0.05) is 6.54 Å². The van der Waals surface area contributed by atoms with E-state index in [9.17, 15) is 9.18 Å². The lowest BCUT2D eigenvalue weighted by Gasteiger charge is -2.29. The van der Waals surface area contributed by atoms with Gasteiger partial charge in [-0.3, -0.25) is 4.79 Å². The molecule has 21 heavy (non-hydrogen) atoms. The van der Waals surface area contributed by atoms with Gasteiger partial charge in [-0.05, 0) is 35.4 Å². The second-order valence-corrected chi connectivity index (χ2v) is 4.90. The van der Waals surface area contributed by atoms with Crippen LogP contribution >= 0.6 is 0 Å². The second kappa shape index (κ2) is 5.54. The van der Waals surface area contributed by atoms with E-state index in [1.807, 2.05) is 18.2 Å². The van der Waals surface area contributed by atoms with Gasteiger partial charge < -0.3 is 15.4 Å². The Balaban J connectivity index is 1.91. The molecule has 108 valence electrons. The number of carbonyl (C=O) groups excluding carboxylic acids is 1. The van der Waals surface area contributed by atoms with Crippen molar-refractivity contribution in [1.29, 1.82) is 0 Å². The van der Waals surface area contributed by atoms with Gasteiger partial charge in [0.1, 0.15) is 11.6 Å². The summed E-state index contributed by atoms with van der Waals surface area (Å²) in [6.07, 6.45) is 0. The first-order valence-corrected chi connectivity index (χ1v) is 6.68. The van der Waals surface area contributed by atoms with Crippen LogP contribution in [0, 0.1) is 5.82 Å². The number of halogens is 1. The van der Waals surface area contributed by atoms with E-state index < -0.39 is 0 Å². The van der Waals surface area contributed by atoms with Gasteiger partial charge in [0.2, 0.25) is 0 Å². The number of nitrogens with zero attached hydrogens (tertiary/aromatic N) is 1. The number of hydrogen-bond acceptors (Lipinski definition) is 3. The van der Waals surface area contributed by atoms with Crippen LogP contribution in [0.1, 0.15) is 11.1 Å². The fraction of sp³-hybridized carbons (Fsp3) is 0.188. The number of hydrogen-bond donors (Lipinski definition) is 1. The number of ether oxygens (including phenoxy) is 1. The predicted molar refractivity (Wildman–Crippen MR) is 77.4 cm³/mol. The van der Waals surface area contributed by atoms with Crippen LogP contribution in [0.4, 0.5) is 10.1 Å². The fourth-order valence-corrected chi connectivity index (χ4v) is 2.32. The highest BCUT2D eigenvalue weighted by Gasteiger charge is 2.25. The van der Waals surface area contributed by atoms with E-state index >= 15 is 0 Å². The van der Waals surface area contributed by atoms with Gasteiger partial charge in [0.25, 0.3) is 5.91 Å². The highest BCUT2D eigenvalue weighted by Crippen LogP contribution is 2.33. The number of benzene rings is 2. The lowest BCUT2D eigenvalue weighted by molar-refractivity contribution is -0.121. The van der Waals surface area contributed by atoms with Crippen molar-refractivity contribution in [2.75, 3.05) is 11.5 Å². The maximum Gasteiger partial charge on any atom is 0.265 e. The highest BCUT2D eigenvalue weighted by atomic mass is 19.1.